The van der Waals surface area contributed by atoms with Crippen LogP contribution < -0.4 is 21.4 Å². The van der Waals surface area contributed by atoms with Gasteiger partial charge in [0.2, 0.25) is 5.82 Å². The molecule has 28 heavy (non-hydrogen) atoms. The third-order valence-electron chi connectivity index (χ3n) is 4.22. The summed E-state index contributed by atoms with van der Waals surface area (Å²) in [5, 5.41) is 19.2. The fourth-order valence-electron chi connectivity index (χ4n) is 2.87. The first-order valence-corrected chi connectivity index (χ1v) is 8.58. The Morgan fingerprint density at radius 1 is 1.54 bits per heavy atom. The summed E-state index contributed by atoms with van der Waals surface area (Å²) in [6, 6.07) is 4.50. The van der Waals surface area contributed by atoms with Gasteiger partial charge in [0, 0.05) is 29.5 Å². The van der Waals surface area contributed by atoms with Gasteiger partial charge in [0.05, 0.1) is 24.5 Å². The standard InChI is InChI=1S/C18H21FN6O3/c1-21-17(23-24(2)20)16-6-3-11(8-22-16)14-5-4-12(7-15(14)19)25-9-13(10-26)28-18(25)27/h3-8,13,26H,9-10,20H2,1-2H3,(H,21,23)/p+1/t13-/m1/s1. The number of nitrogens with two attached hydrogens (primary N) is 1. The summed E-state index contributed by atoms with van der Waals surface area (Å²) in [7, 11) is 3.31. The number of hydrogen-bond acceptors (Lipinski definition) is 6. The van der Waals surface area contributed by atoms with Crippen molar-refractivity contribution in [2.45, 2.75) is 6.10 Å². The molecule has 5 N–H and O–H groups in total. The van der Waals surface area contributed by atoms with E-state index in [0.29, 0.717) is 28.3 Å². The highest BCUT2D eigenvalue weighted by Gasteiger charge is 2.32. The third-order valence-corrected chi connectivity index (χ3v) is 4.22. The number of dihydropyridines is 1. The zero-order chi connectivity index (χ0) is 20.3. The van der Waals surface area contributed by atoms with Gasteiger partial charge in [0.25, 0.3) is 0 Å². The molecule has 1 amide bonds. The summed E-state index contributed by atoms with van der Waals surface area (Å²) in [6.45, 7) is -0.0961. The van der Waals surface area contributed by atoms with E-state index in [9.17, 15) is 9.18 Å². The molecule has 2 aliphatic rings. The molecule has 2 heterocycles. The van der Waals surface area contributed by atoms with Crippen LogP contribution in [-0.2, 0) is 4.74 Å². The fraction of sp³-hybridized carbons (Fsp3) is 0.278. The lowest BCUT2D eigenvalue weighted by molar-refractivity contribution is -0.576. The topological polar surface area (TPSA) is 115 Å². The maximum Gasteiger partial charge on any atom is 0.414 e. The normalized spacial score (nSPS) is 21.2. The zero-order valence-electron chi connectivity index (χ0n) is 15.5. The number of azo groups is 1. The molecule has 1 aromatic rings. The SMILES string of the molecule is CNC(/N=[N+](/C)N)=C1/C=CC(c2ccc(N3C[C@H](CO)OC3=O)cc2F)=CN1. The number of benzene rings is 1. The second-order valence-corrected chi connectivity index (χ2v) is 6.23. The Labute approximate surface area is 161 Å². The first-order valence-electron chi connectivity index (χ1n) is 8.58. The van der Waals surface area contributed by atoms with Crippen molar-refractivity contribution in [1.29, 1.82) is 0 Å². The van der Waals surface area contributed by atoms with Gasteiger partial charge in [-0.3, -0.25) is 4.90 Å². The summed E-state index contributed by atoms with van der Waals surface area (Å²) >= 11 is 0. The first kappa shape index (κ1) is 19.4. The Balaban J connectivity index is 1.81. The maximum absolute atomic E-state index is 14.7. The highest BCUT2D eigenvalue weighted by molar-refractivity contribution is 5.90. The molecule has 148 valence electrons. The van der Waals surface area contributed by atoms with Crippen LogP contribution in [0.5, 0.6) is 0 Å². The Morgan fingerprint density at radius 3 is 2.86 bits per heavy atom. The van der Waals surface area contributed by atoms with E-state index in [2.05, 4.69) is 15.7 Å². The lowest BCUT2D eigenvalue weighted by Crippen LogP contribution is -2.25. The van der Waals surface area contributed by atoms with Crippen LogP contribution in [0, 0.1) is 5.82 Å². The van der Waals surface area contributed by atoms with Gasteiger partial charge in [-0.05, 0) is 29.1 Å². The van der Waals surface area contributed by atoms with E-state index in [1.54, 1.807) is 44.6 Å². The molecule has 1 atom stereocenters. The number of aliphatic hydroxyl groups excluding tert-OH is 1. The number of carbonyl (C=O) groups excluding carboxylic acids is 1. The number of nitrogens with zero attached hydrogens (tertiary/aromatic N) is 3. The van der Waals surface area contributed by atoms with E-state index in [0.717, 1.165) is 0 Å². The average molecular weight is 389 g/mol. The monoisotopic (exact) mass is 389 g/mol. The van der Waals surface area contributed by atoms with Crippen molar-refractivity contribution in [3.05, 3.63) is 59.4 Å². The fourth-order valence-corrected chi connectivity index (χ4v) is 2.87. The summed E-state index contributed by atoms with van der Waals surface area (Å²) in [5.74, 6) is 5.57. The second kappa shape index (κ2) is 8.09. The molecule has 0 saturated carbocycles. The van der Waals surface area contributed by atoms with Crippen LogP contribution in [-0.4, -0.2) is 49.4 Å². The van der Waals surface area contributed by atoms with Gasteiger partial charge < -0.3 is 20.5 Å². The molecule has 0 spiro atoms. The highest BCUT2D eigenvalue weighted by atomic mass is 19.1. The van der Waals surface area contributed by atoms with Crippen molar-refractivity contribution in [2.24, 2.45) is 11.0 Å². The molecule has 10 heteroatoms. The van der Waals surface area contributed by atoms with Crippen LogP contribution in [0.25, 0.3) is 5.57 Å². The molecule has 0 radical (unpaired) electrons. The number of nitrogens with one attached hydrogen (secondary N) is 2. The summed E-state index contributed by atoms with van der Waals surface area (Å²) in [4.78, 5) is 14.3. The van der Waals surface area contributed by atoms with Crippen molar-refractivity contribution in [3.63, 3.8) is 0 Å². The predicted octanol–water partition coefficient (Wildman–Crippen LogP) is 1.00. The molecule has 9 nitrogen and oxygen atoms in total. The van der Waals surface area contributed by atoms with Crippen molar-refractivity contribution in [2.75, 3.05) is 32.1 Å². The first-order chi connectivity index (χ1) is 13.4. The van der Waals surface area contributed by atoms with Crippen molar-refractivity contribution >= 4 is 17.4 Å². The average Bonchev–Trinajstić information content (AvgIpc) is 3.07. The molecular formula is C18H22FN6O3+. The van der Waals surface area contributed by atoms with Crippen molar-refractivity contribution < 1.29 is 23.8 Å². The molecule has 2 aliphatic heterocycles. The summed E-state index contributed by atoms with van der Waals surface area (Å²) in [6.07, 6.45) is 3.95. The smallest absolute Gasteiger partial charge is 0.414 e. The number of rotatable bonds is 5. The van der Waals surface area contributed by atoms with E-state index in [-0.39, 0.29) is 13.2 Å². The number of anilines is 1. The molecule has 0 unspecified atom stereocenters. The number of allylic oxidation sites excluding steroid dienone is 3. The van der Waals surface area contributed by atoms with Gasteiger partial charge in [0.1, 0.15) is 11.9 Å². The number of hydrogen-bond donors (Lipinski definition) is 4. The third kappa shape index (κ3) is 3.96. The molecule has 1 aromatic carbocycles. The van der Waals surface area contributed by atoms with Gasteiger partial charge in [-0.2, -0.15) is 5.84 Å². The minimum Gasteiger partial charge on any atom is -0.441 e. The minimum atomic E-state index is -0.604. The lowest BCUT2D eigenvalue weighted by Gasteiger charge is -2.16. The summed E-state index contributed by atoms with van der Waals surface area (Å²) < 4.78 is 19.7. The number of halogens is 1. The number of aliphatic hydroxyl groups is 1. The van der Waals surface area contributed by atoms with E-state index in [1.807, 2.05) is 0 Å². The van der Waals surface area contributed by atoms with Crippen LogP contribution in [0.3, 0.4) is 0 Å². The largest absolute Gasteiger partial charge is 0.441 e. The quantitative estimate of drug-likeness (QED) is 0.259. The van der Waals surface area contributed by atoms with Crippen LogP contribution in [0.15, 0.2) is 53.2 Å². The molecule has 3 rings (SSSR count). The van der Waals surface area contributed by atoms with E-state index in [4.69, 9.17) is 15.7 Å². The molecular weight excluding hydrogens is 367 g/mol. The van der Waals surface area contributed by atoms with E-state index in [1.165, 1.54) is 15.8 Å². The Kier molecular flexibility index (Phi) is 5.59. The van der Waals surface area contributed by atoms with Crippen molar-refractivity contribution in [3.8, 4) is 0 Å². The lowest BCUT2D eigenvalue weighted by atomic mass is 10.0. The molecule has 0 bridgehead atoms. The van der Waals surface area contributed by atoms with Gasteiger partial charge in [-0.15, -0.1) is 0 Å². The minimum absolute atomic E-state index is 0.179. The summed E-state index contributed by atoms with van der Waals surface area (Å²) in [5.41, 5.74) is 2.05. The van der Waals surface area contributed by atoms with Crippen molar-refractivity contribution in [1.82, 2.24) is 10.6 Å². The molecule has 1 fully saturated rings. The second-order valence-electron chi connectivity index (χ2n) is 6.23. The predicted molar refractivity (Wildman–Crippen MR) is 100 cm³/mol. The number of carbonyl (C=O) groups is 1. The van der Waals surface area contributed by atoms with E-state index < -0.39 is 18.0 Å². The van der Waals surface area contributed by atoms with Gasteiger partial charge in [0.15, 0.2) is 7.05 Å². The van der Waals surface area contributed by atoms with Gasteiger partial charge >= 0.3 is 6.09 Å². The molecule has 0 aliphatic carbocycles. The number of amides is 1. The van der Waals surface area contributed by atoms with Crippen LogP contribution >= 0.6 is 0 Å². The van der Waals surface area contributed by atoms with Gasteiger partial charge in [-0.1, -0.05) is 6.08 Å². The van der Waals surface area contributed by atoms with E-state index >= 15 is 0 Å². The molecule has 0 aromatic heterocycles. The van der Waals surface area contributed by atoms with Gasteiger partial charge in [-0.25, -0.2) is 9.18 Å². The highest BCUT2D eigenvalue weighted by Crippen LogP contribution is 2.28. The Hall–Kier alpha value is -3.40. The number of hydrazine groups is 1. The van der Waals surface area contributed by atoms with Crippen LogP contribution in [0.2, 0.25) is 0 Å². The zero-order valence-corrected chi connectivity index (χ0v) is 15.5. The Morgan fingerprint density at radius 2 is 2.32 bits per heavy atom. The van der Waals surface area contributed by atoms with Crippen LogP contribution in [0.1, 0.15) is 5.56 Å². The maximum atomic E-state index is 14.7. The van der Waals surface area contributed by atoms with Crippen LogP contribution in [0.4, 0.5) is 14.9 Å². The number of cyclic esters (lactones) is 1. The Bertz CT molecular complexity index is 905. The molecule has 1 saturated heterocycles. The number of ether oxygens (including phenoxy) is 1.